The molecule has 1 heterocycles. The van der Waals surface area contributed by atoms with Crippen LogP contribution in [0.15, 0.2) is 72.8 Å². The van der Waals surface area contributed by atoms with Crippen molar-refractivity contribution in [1.82, 2.24) is 15.8 Å². The normalized spacial score (nSPS) is 31.0. The van der Waals surface area contributed by atoms with E-state index in [0.717, 1.165) is 17.0 Å². The second kappa shape index (κ2) is 7.94. The van der Waals surface area contributed by atoms with E-state index in [0.29, 0.717) is 17.4 Å². The van der Waals surface area contributed by atoms with Crippen LogP contribution < -0.4 is 10.7 Å². The SMILES string of the molecule is O=C(N[C@@H](Cc1ccccc1)C(=O)NN1C(=O)[C@@H]2[C@@H]3C=C[C@@H]([C@H]4C[C@@H]34)[C@@H]2C1=O)c1ccccc1. The van der Waals surface area contributed by atoms with E-state index in [-0.39, 0.29) is 30.1 Å². The van der Waals surface area contributed by atoms with Gasteiger partial charge in [-0.1, -0.05) is 60.7 Å². The molecule has 2 bridgehead atoms. The number of nitrogens with zero attached hydrogens (tertiary/aromatic N) is 1. The molecule has 5 aliphatic rings. The molecule has 4 amide bonds. The van der Waals surface area contributed by atoms with Crippen molar-refractivity contribution >= 4 is 23.6 Å². The second-order valence-corrected chi connectivity index (χ2v) is 9.72. The second-order valence-electron chi connectivity index (χ2n) is 9.72. The van der Waals surface area contributed by atoms with Gasteiger partial charge in [-0.25, -0.2) is 0 Å². The summed E-state index contributed by atoms with van der Waals surface area (Å²) in [5.74, 6) is -1.30. The predicted octanol–water partition coefficient (Wildman–Crippen LogP) is 2.11. The van der Waals surface area contributed by atoms with Crippen LogP contribution in [0.1, 0.15) is 22.3 Å². The van der Waals surface area contributed by atoms with Crippen molar-refractivity contribution in [3.63, 3.8) is 0 Å². The topological polar surface area (TPSA) is 95.6 Å². The molecule has 0 radical (unpaired) electrons. The lowest BCUT2D eigenvalue weighted by molar-refractivity contribution is -0.149. The number of allylic oxidation sites excluding steroid dienone is 2. The quantitative estimate of drug-likeness (QED) is 0.515. The molecule has 2 aromatic carbocycles. The minimum atomic E-state index is -0.957. The first-order valence-corrected chi connectivity index (χ1v) is 11.8. The number of carbonyl (C=O) groups excluding carboxylic acids is 4. The van der Waals surface area contributed by atoms with Crippen LogP contribution in [0.3, 0.4) is 0 Å². The molecule has 7 heteroatoms. The van der Waals surface area contributed by atoms with E-state index in [4.69, 9.17) is 0 Å². The summed E-state index contributed by atoms with van der Waals surface area (Å²) in [6.45, 7) is 0. The zero-order chi connectivity index (χ0) is 23.4. The summed E-state index contributed by atoms with van der Waals surface area (Å²) in [4.78, 5) is 52.6. The van der Waals surface area contributed by atoms with E-state index in [1.54, 1.807) is 30.3 Å². The molecule has 7 atom stereocenters. The van der Waals surface area contributed by atoms with Gasteiger partial charge in [-0.2, -0.15) is 5.01 Å². The van der Waals surface area contributed by atoms with E-state index in [9.17, 15) is 19.2 Å². The van der Waals surface area contributed by atoms with Crippen molar-refractivity contribution in [2.24, 2.45) is 35.5 Å². The van der Waals surface area contributed by atoms with Gasteiger partial charge in [0.15, 0.2) is 0 Å². The van der Waals surface area contributed by atoms with Gasteiger partial charge in [-0.15, -0.1) is 0 Å². The highest BCUT2D eigenvalue weighted by molar-refractivity contribution is 6.07. The predicted molar refractivity (Wildman–Crippen MR) is 123 cm³/mol. The maximum absolute atomic E-state index is 13.3. The monoisotopic (exact) mass is 455 g/mol. The molecule has 2 aromatic rings. The fraction of sp³-hybridized carbons (Fsp3) is 0.333. The minimum absolute atomic E-state index is 0.0799. The summed E-state index contributed by atoms with van der Waals surface area (Å²) in [5.41, 5.74) is 3.84. The van der Waals surface area contributed by atoms with Gasteiger partial charge in [-0.05, 0) is 47.8 Å². The molecule has 2 saturated carbocycles. The summed E-state index contributed by atoms with van der Waals surface area (Å²) in [6, 6.07) is 17.0. The lowest BCUT2D eigenvalue weighted by Crippen LogP contribution is -2.55. The molecule has 0 aromatic heterocycles. The molecule has 34 heavy (non-hydrogen) atoms. The fourth-order valence-corrected chi connectivity index (χ4v) is 6.15. The largest absolute Gasteiger partial charge is 0.340 e. The number of imide groups is 1. The number of amides is 4. The molecule has 0 unspecified atom stereocenters. The molecule has 7 nitrogen and oxygen atoms in total. The summed E-state index contributed by atoms with van der Waals surface area (Å²) >= 11 is 0. The Morgan fingerprint density at radius 2 is 1.41 bits per heavy atom. The first-order valence-electron chi connectivity index (χ1n) is 11.8. The molecule has 1 saturated heterocycles. The first-order chi connectivity index (χ1) is 16.5. The van der Waals surface area contributed by atoms with Crippen molar-refractivity contribution in [1.29, 1.82) is 0 Å². The van der Waals surface area contributed by atoms with Gasteiger partial charge < -0.3 is 5.32 Å². The number of rotatable bonds is 6. The van der Waals surface area contributed by atoms with Gasteiger partial charge >= 0.3 is 0 Å². The number of hydrogen-bond donors (Lipinski definition) is 2. The van der Waals surface area contributed by atoms with E-state index >= 15 is 0 Å². The van der Waals surface area contributed by atoms with Crippen LogP contribution in [0.25, 0.3) is 0 Å². The van der Waals surface area contributed by atoms with Crippen LogP contribution >= 0.6 is 0 Å². The fourth-order valence-electron chi connectivity index (χ4n) is 6.15. The average molecular weight is 456 g/mol. The van der Waals surface area contributed by atoms with Gasteiger partial charge in [0, 0.05) is 12.0 Å². The first kappa shape index (κ1) is 20.8. The van der Waals surface area contributed by atoms with Crippen molar-refractivity contribution < 1.29 is 19.2 Å². The van der Waals surface area contributed by atoms with Crippen LogP contribution in [0.4, 0.5) is 0 Å². The van der Waals surface area contributed by atoms with Gasteiger partial charge in [0.05, 0.1) is 11.8 Å². The molecule has 1 aliphatic heterocycles. The molecule has 7 rings (SSSR count). The van der Waals surface area contributed by atoms with Crippen LogP contribution in [-0.2, 0) is 20.8 Å². The Morgan fingerprint density at radius 3 is 2.00 bits per heavy atom. The highest BCUT2D eigenvalue weighted by Gasteiger charge is 2.67. The summed E-state index contributed by atoms with van der Waals surface area (Å²) in [6.07, 6.45) is 5.49. The van der Waals surface area contributed by atoms with Gasteiger partial charge in [0.1, 0.15) is 6.04 Å². The summed E-state index contributed by atoms with van der Waals surface area (Å²) in [5, 5.41) is 3.70. The molecule has 0 spiro atoms. The Kier molecular flexibility index (Phi) is 4.86. The third kappa shape index (κ3) is 3.34. The molecular formula is C27H25N3O4. The zero-order valence-electron chi connectivity index (χ0n) is 18.5. The van der Waals surface area contributed by atoms with E-state index in [1.807, 2.05) is 30.3 Å². The molecule has 172 valence electrons. The Morgan fingerprint density at radius 1 is 0.853 bits per heavy atom. The van der Waals surface area contributed by atoms with Crippen LogP contribution in [-0.4, -0.2) is 34.7 Å². The number of carbonyl (C=O) groups is 4. The summed E-state index contributed by atoms with van der Waals surface area (Å²) < 4.78 is 0. The third-order valence-corrected chi connectivity index (χ3v) is 7.83. The van der Waals surface area contributed by atoms with Gasteiger partial charge in [0.2, 0.25) is 0 Å². The number of benzene rings is 2. The van der Waals surface area contributed by atoms with E-state index < -0.39 is 29.7 Å². The smallest absolute Gasteiger partial charge is 0.261 e. The number of hydrazine groups is 1. The van der Waals surface area contributed by atoms with Gasteiger partial charge in [-0.3, -0.25) is 24.6 Å². The van der Waals surface area contributed by atoms with E-state index in [1.165, 1.54) is 0 Å². The van der Waals surface area contributed by atoms with Crippen molar-refractivity contribution in [2.75, 3.05) is 0 Å². The number of hydrogen-bond acceptors (Lipinski definition) is 4. The van der Waals surface area contributed by atoms with Crippen LogP contribution in [0, 0.1) is 35.5 Å². The lowest BCUT2D eigenvalue weighted by Gasteiger charge is -2.37. The highest BCUT2D eigenvalue weighted by atomic mass is 16.2. The molecular weight excluding hydrogens is 430 g/mol. The highest BCUT2D eigenvalue weighted by Crippen LogP contribution is 2.65. The van der Waals surface area contributed by atoms with E-state index in [2.05, 4.69) is 22.9 Å². The summed E-state index contributed by atoms with van der Waals surface area (Å²) in [7, 11) is 0. The standard InChI is InChI=1S/C27H25N3O4/c31-24(16-9-5-2-6-10-16)28-21(13-15-7-3-1-4-8-15)25(32)29-30-26(33)22-17-11-12-18(20-14-19(17)20)23(22)27(30)34/h1-12,17-23H,13-14H2,(H,28,31)(H,29,32)/t17-,18+,19+,20-,21-,22-,23+/m0/s1. The van der Waals surface area contributed by atoms with Crippen LogP contribution in [0.5, 0.6) is 0 Å². The maximum Gasteiger partial charge on any atom is 0.261 e. The van der Waals surface area contributed by atoms with Gasteiger partial charge in [0.25, 0.3) is 23.6 Å². The minimum Gasteiger partial charge on any atom is -0.340 e. The Bertz CT molecular complexity index is 1160. The molecule has 4 aliphatic carbocycles. The van der Waals surface area contributed by atoms with Crippen molar-refractivity contribution in [3.8, 4) is 0 Å². The molecule has 3 fully saturated rings. The lowest BCUT2D eigenvalue weighted by atomic mass is 9.63. The van der Waals surface area contributed by atoms with Crippen LogP contribution in [0.2, 0.25) is 0 Å². The maximum atomic E-state index is 13.3. The Labute approximate surface area is 197 Å². The Hall–Kier alpha value is -3.74. The zero-order valence-corrected chi connectivity index (χ0v) is 18.5. The number of nitrogens with one attached hydrogen (secondary N) is 2. The Balaban J connectivity index is 1.22. The van der Waals surface area contributed by atoms with Crippen molar-refractivity contribution in [2.45, 2.75) is 18.9 Å². The third-order valence-electron chi connectivity index (χ3n) is 7.83. The molecule has 2 N–H and O–H groups in total. The average Bonchev–Trinajstić information content (AvgIpc) is 3.65. The van der Waals surface area contributed by atoms with Crippen molar-refractivity contribution in [3.05, 3.63) is 83.9 Å².